The first-order chi connectivity index (χ1) is 8.83. The van der Waals surface area contributed by atoms with Gasteiger partial charge in [0.05, 0.1) is 11.7 Å². The lowest BCUT2D eigenvalue weighted by Crippen LogP contribution is -1.98. The number of rotatable bonds is 3. The molecule has 3 rings (SSSR count). The summed E-state index contributed by atoms with van der Waals surface area (Å²) in [5.41, 5.74) is 3.43. The van der Waals surface area contributed by atoms with Gasteiger partial charge in [0.15, 0.2) is 0 Å². The Morgan fingerprint density at radius 1 is 1.17 bits per heavy atom. The number of halogens is 1. The second kappa shape index (κ2) is 4.82. The fourth-order valence-electron chi connectivity index (χ4n) is 1.92. The van der Waals surface area contributed by atoms with E-state index in [4.69, 9.17) is 0 Å². The number of hydrogen-bond donors (Lipinski definition) is 1. The van der Waals surface area contributed by atoms with Crippen LogP contribution >= 0.6 is 15.9 Å². The van der Waals surface area contributed by atoms with Gasteiger partial charge in [0.2, 0.25) is 0 Å². The Hall–Kier alpha value is -1.81. The maximum Gasteiger partial charge on any atom is 0.0711 e. The summed E-state index contributed by atoms with van der Waals surface area (Å²) in [4.78, 5) is 0. The van der Waals surface area contributed by atoms with Crippen molar-refractivity contribution < 1.29 is 0 Å². The van der Waals surface area contributed by atoms with Gasteiger partial charge in [-0.25, -0.2) is 4.52 Å². The van der Waals surface area contributed by atoms with Crippen LogP contribution in [0.3, 0.4) is 0 Å². The molecule has 3 nitrogen and oxygen atoms in total. The highest BCUT2D eigenvalue weighted by Gasteiger charge is 2.02. The molecule has 0 unspecified atom stereocenters. The van der Waals surface area contributed by atoms with Crippen LogP contribution in [-0.2, 0) is 6.54 Å². The summed E-state index contributed by atoms with van der Waals surface area (Å²) in [5.74, 6) is 0. The van der Waals surface area contributed by atoms with Crippen molar-refractivity contribution in [3.8, 4) is 0 Å². The maximum atomic E-state index is 4.32. The Kier molecular flexibility index (Phi) is 3.02. The van der Waals surface area contributed by atoms with Gasteiger partial charge in [0, 0.05) is 28.5 Å². The predicted octanol–water partition coefficient (Wildman–Crippen LogP) is 3.71. The van der Waals surface area contributed by atoms with Crippen molar-refractivity contribution in [3.63, 3.8) is 0 Å². The summed E-state index contributed by atoms with van der Waals surface area (Å²) in [6.45, 7) is 0.768. The maximum absolute atomic E-state index is 4.32. The number of benzene rings is 1. The first-order valence-corrected chi connectivity index (χ1v) is 6.53. The van der Waals surface area contributed by atoms with Crippen LogP contribution in [0.2, 0.25) is 0 Å². The van der Waals surface area contributed by atoms with E-state index in [9.17, 15) is 0 Å². The van der Waals surface area contributed by atoms with Crippen LogP contribution in [0.15, 0.2) is 59.3 Å². The number of pyridine rings is 1. The lowest BCUT2D eigenvalue weighted by atomic mass is 10.2. The molecule has 4 heteroatoms. The standard InChI is InChI=1S/C14H12BrN3/c15-12-4-3-5-13(8-12)16-9-11-10-17-18-7-2-1-6-14(11)18/h1-8,10,16H,9H2. The molecule has 0 saturated carbocycles. The zero-order chi connectivity index (χ0) is 12.4. The molecular weight excluding hydrogens is 290 g/mol. The largest absolute Gasteiger partial charge is 0.381 e. The third-order valence-corrected chi connectivity index (χ3v) is 3.31. The third-order valence-electron chi connectivity index (χ3n) is 2.81. The van der Waals surface area contributed by atoms with Gasteiger partial charge in [-0.3, -0.25) is 0 Å². The van der Waals surface area contributed by atoms with Crippen molar-refractivity contribution in [1.29, 1.82) is 0 Å². The lowest BCUT2D eigenvalue weighted by Gasteiger charge is -2.05. The zero-order valence-electron chi connectivity index (χ0n) is 9.68. The van der Waals surface area contributed by atoms with Gasteiger partial charge in [-0.05, 0) is 30.3 Å². The van der Waals surface area contributed by atoms with Crippen LogP contribution in [0, 0.1) is 0 Å². The van der Waals surface area contributed by atoms with Crippen molar-refractivity contribution >= 4 is 27.1 Å². The van der Waals surface area contributed by atoms with E-state index in [1.165, 1.54) is 5.56 Å². The molecule has 2 aromatic heterocycles. The van der Waals surface area contributed by atoms with Gasteiger partial charge in [-0.1, -0.05) is 28.1 Å². The van der Waals surface area contributed by atoms with Crippen LogP contribution in [0.1, 0.15) is 5.56 Å². The monoisotopic (exact) mass is 301 g/mol. The van der Waals surface area contributed by atoms with E-state index >= 15 is 0 Å². The highest BCUT2D eigenvalue weighted by atomic mass is 79.9. The van der Waals surface area contributed by atoms with Gasteiger partial charge in [0.1, 0.15) is 0 Å². The quantitative estimate of drug-likeness (QED) is 0.799. The van der Waals surface area contributed by atoms with E-state index in [0.717, 1.165) is 22.2 Å². The molecule has 0 amide bonds. The van der Waals surface area contributed by atoms with Gasteiger partial charge in [-0.2, -0.15) is 5.10 Å². The average Bonchev–Trinajstić information content (AvgIpc) is 2.80. The Bertz CT molecular complexity index is 675. The van der Waals surface area contributed by atoms with Gasteiger partial charge in [-0.15, -0.1) is 0 Å². The van der Waals surface area contributed by atoms with Crippen molar-refractivity contribution in [2.24, 2.45) is 0 Å². The number of fused-ring (bicyclic) bond motifs is 1. The molecule has 0 spiro atoms. The Balaban J connectivity index is 1.81. The third kappa shape index (κ3) is 2.24. The minimum atomic E-state index is 0.768. The summed E-state index contributed by atoms with van der Waals surface area (Å²) >= 11 is 3.46. The molecule has 0 fully saturated rings. The SMILES string of the molecule is Brc1cccc(NCc2cnn3ccccc23)c1. The summed E-state index contributed by atoms with van der Waals surface area (Å²) in [7, 11) is 0. The number of anilines is 1. The molecule has 0 saturated heterocycles. The molecule has 1 aromatic carbocycles. The number of nitrogens with zero attached hydrogens (tertiary/aromatic N) is 2. The summed E-state index contributed by atoms with van der Waals surface area (Å²) in [5, 5.41) is 7.71. The molecule has 1 N–H and O–H groups in total. The molecule has 18 heavy (non-hydrogen) atoms. The van der Waals surface area contributed by atoms with Gasteiger partial charge >= 0.3 is 0 Å². The highest BCUT2D eigenvalue weighted by molar-refractivity contribution is 9.10. The van der Waals surface area contributed by atoms with Crippen LogP contribution in [0.25, 0.3) is 5.52 Å². The fraction of sp³-hybridized carbons (Fsp3) is 0.0714. The predicted molar refractivity (Wildman–Crippen MR) is 76.7 cm³/mol. The molecule has 0 bridgehead atoms. The summed E-state index contributed by atoms with van der Waals surface area (Å²) in [6, 6.07) is 14.2. The number of hydrogen-bond acceptors (Lipinski definition) is 2. The van der Waals surface area contributed by atoms with Crippen molar-refractivity contribution in [3.05, 3.63) is 64.9 Å². The van der Waals surface area contributed by atoms with E-state index in [2.05, 4.69) is 44.5 Å². The molecule has 3 aromatic rings. The average molecular weight is 302 g/mol. The Labute approximate surface area is 114 Å². The molecule has 0 aliphatic heterocycles. The van der Waals surface area contributed by atoms with E-state index in [0.29, 0.717) is 0 Å². The molecular formula is C14H12BrN3. The topological polar surface area (TPSA) is 29.3 Å². The number of nitrogens with one attached hydrogen (secondary N) is 1. The number of aromatic nitrogens is 2. The first-order valence-electron chi connectivity index (χ1n) is 5.73. The first kappa shape index (κ1) is 11.3. The van der Waals surface area contributed by atoms with E-state index in [1.54, 1.807) is 0 Å². The van der Waals surface area contributed by atoms with Crippen molar-refractivity contribution in [2.75, 3.05) is 5.32 Å². The lowest BCUT2D eigenvalue weighted by molar-refractivity contribution is 0.961. The van der Waals surface area contributed by atoms with Crippen molar-refractivity contribution in [1.82, 2.24) is 9.61 Å². The van der Waals surface area contributed by atoms with Gasteiger partial charge < -0.3 is 5.32 Å². The second-order valence-electron chi connectivity index (χ2n) is 4.06. The van der Waals surface area contributed by atoms with Crippen LogP contribution < -0.4 is 5.32 Å². The minimum Gasteiger partial charge on any atom is -0.381 e. The zero-order valence-corrected chi connectivity index (χ0v) is 11.3. The second-order valence-corrected chi connectivity index (χ2v) is 4.98. The van der Waals surface area contributed by atoms with E-state index in [1.807, 2.05) is 41.2 Å². The Morgan fingerprint density at radius 3 is 3.00 bits per heavy atom. The molecule has 0 aliphatic rings. The van der Waals surface area contributed by atoms with Crippen LogP contribution in [0.5, 0.6) is 0 Å². The van der Waals surface area contributed by atoms with E-state index in [-0.39, 0.29) is 0 Å². The summed E-state index contributed by atoms with van der Waals surface area (Å²) < 4.78 is 2.96. The molecule has 90 valence electrons. The molecule has 0 radical (unpaired) electrons. The smallest absolute Gasteiger partial charge is 0.0711 e. The Morgan fingerprint density at radius 2 is 2.11 bits per heavy atom. The molecule has 2 heterocycles. The summed E-state index contributed by atoms with van der Waals surface area (Å²) in [6.07, 6.45) is 3.86. The molecule has 0 atom stereocenters. The van der Waals surface area contributed by atoms with E-state index < -0.39 is 0 Å². The van der Waals surface area contributed by atoms with Gasteiger partial charge in [0.25, 0.3) is 0 Å². The van der Waals surface area contributed by atoms with Crippen molar-refractivity contribution in [2.45, 2.75) is 6.54 Å². The van der Waals surface area contributed by atoms with Crippen LogP contribution in [-0.4, -0.2) is 9.61 Å². The normalized spacial score (nSPS) is 10.7. The fourth-order valence-corrected chi connectivity index (χ4v) is 2.32. The molecule has 0 aliphatic carbocycles. The van der Waals surface area contributed by atoms with Crippen LogP contribution in [0.4, 0.5) is 5.69 Å². The highest BCUT2D eigenvalue weighted by Crippen LogP contribution is 2.17. The minimum absolute atomic E-state index is 0.768.